The predicted octanol–water partition coefficient (Wildman–Crippen LogP) is 1.81. The van der Waals surface area contributed by atoms with Crippen LogP contribution >= 0.6 is 0 Å². The van der Waals surface area contributed by atoms with Crippen molar-refractivity contribution in [2.45, 2.75) is 32.4 Å². The summed E-state index contributed by atoms with van der Waals surface area (Å²) in [6, 6.07) is 4.37. The van der Waals surface area contributed by atoms with E-state index in [1.807, 2.05) is 0 Å². The van der Waals surface area contributed by atoms with Crippen LogP contribution in [0.2, 0.25) is 5.65 Å². The van der Waals surface area contributed by atoms with E-state index in [1.165, 1.54) is 0 Å². The first kappa shape index (κ1) is 6.51. The Bertz CT molecular complexity index is 1020. The number of nitrogens with two attached hydrogens (primary N) is 1. The Balaban J connectivity index is 3.35. The van der Waals surface area contributed by atoms with E-state index in [0.29, 0.717) is 0 Å². The van der Waals surface area contributed by atoms with Crippen LogP contribution in [-0.4, -0.2) is 31.0 Å². The van der Waals surface area contributed by atoms with Gasteiger partial charge in [-0.3, -0.25) is 10.2 Å². The highest BCUT2D eigenvalue weighted by atomic mass is 16.5. The summed E-state index contributed by atoms with van der Waals surface area (Å²) < 4.78 is 118. The zero-order valence-electron chi connectivity index (χ0n) is 26.0. The maximum Gasteiger partial charge on any atom is 0.338 e. The third-order valence-electron chi connectivity index (χ3n) is 2.08. The third-order valence-corrected chi connectivity index (χ3v) is 2.08. The minimum Gasteiger partial charge on any atom is -0.462 e. The largest absolute Gasteiger partial charge is 0.462 e. The van der Waals surface area contributed by atoms with E-state index >= 15 is 0 Å². The fraction of sp³-hybridized carbons (Fsp3) is 0.438. The lowest BCUT2D eigenvalue weighted by molar-refractivity contribution is -0.134. The number of benzene rings is 1. The second kappa shape index (κ2) is 10.2. The summed E-state index contributed by atoms with van der Waals surface area (Å²) in [7, 11) is 0. The molecular formula is C16H23N3O4. The standard InChI is InChI=1S/C16H23N3O4/c1-2-22-15(21)12-7-9-13(10-8-12)23-14(20)6-4-3-5-11-19-16(17)18/h7-10H,2-6,11H2,1H3,(H4,17,18,19)/i3D2,4D2,5D2,6D2,11D2/hD4. The molecule has 0 aromatic heterocycles. The van der Waals surface area contributed by atoms with Crippen molar-refractivity contribution in [3.05, 3.63) is 29.8 Å². The molecule has 0 saturated carbocycles. The van der Waals surface area contributed by atoms with Crippen LogP contribution in [0.4, 0.5) is 0 Å². The molecule has 7 nitrogen and oxygen atoms in total. The van der Waals surface area contributed by atoms with Gasteiger partial charge in [0, 0.05) is 26.6 Å². The summed E-state index contributed by atoms with van der Waals surface area (Å²) in [6.45, 7) is -2.31. The van der Waals surface area contributed by atoms with Crippen molar-refractivity contribution in [2.24, 2.45) is 5.72 Å². The maximum absolute atomic E-state index is 12.5. The first-order valence-electron chi connectivity index (χ1n) is 13.0. The summed E-state index contributed by atoms with van der Waals surface area (Å²) in [6.07, 6.45) is -16.5. The van der Waals surface area contributed by atoms with E-state index < -0.39 is 66.7 Å². The second-order valence-electron chi connectivity index (χ2n) is 3.66. The molecule has 7 heteroatoms. The minimum atomic E-state index is -4.24. The molecule has 0 aliphatic heterocycles. The van der Waals surface area contributed by atoms with Crippen LogP contribution in [0.25, 0.3) is 0 Å². The van der Waals surface area contributed by atoms with E-state index in [2.05, 4.69) is 5.40 Å². The highest BCUT2D eigenvalue weighted by molar-refractivity contribution is 5.89. The van der Waals surface area contributed by atoms with Crippen molar-refractivity contribution in [3.8, 4) is 5.75 Å². The molecular weight excluding hydrogens is 298 g/mol. The summed E-state index contributed by atoms with van der Waals surface area (Å²) in [5, 5.41) is 1.86. The number of guanidine groups is 1. The Hall–Kier alpha value is -2.57. The average Bonchev–Trinajstić information content (AvgIpc) is 2.79. The van der Waals surface area contributed by atoms with E-state index in [-0.39, 0.29) is 12.2 Å². The van der Waals surface area contributed by atoms with Crippen LogP contribution in [0.15, 0.2) is 24.3 Å². The summed E-state index contributed by atoms with van der Waals surface area (Å²) in [5.74, 6) is -4.57. The molecule has 0 atom stereocenters. The Kier molecular flexibility index (Phi) is 2.89. The molecule has 0 unspecified atom stereocenters. The molecule has 0 heterocycles. The van der Waals surface area contributed by atoms with Gasteiger partial charge in [0.05, 0.1) is 12.2 Å². The second-order valence-corrected chi connectivity index (χ2v) is 3.66. The van der Waals surface area contributed by atoms with Gasteiger partial charge in [0.2, 0.25) is 0 Å². The molecule has 23 heavy (non-hydrogen) atoms. The topological polar surface area (TPSA) is 115 Å². The first-order chi connectivity index (χ1) is 16.6. The van der Waals surface area contributed by atoms with E-state index in [9.17, 15) is 9.59 Å². The Morgan fingerprint density at radius 2 is 2.17 bits per heavy atom. The molecule has 0 saturated heterocycles. The van der Waals surface area contributed by atoms with Gasteiger partial charge >= 0.3 is 11.9 Å². The zero-order chi connectivity index (χ0) is 29.2. The van der Waals surface area contributed by atoms with Crippen molar-refractivity contribution >= 4 is 17.9 Å². The molecule has 0 bridgehead atoms. The fourth-order valence-corrected chi connectivity index (χ4v) is 1.23. The van der Waals surface area contributed by atoms with Gasteiger partial charge in [0.15, 0.2) is 11.6 Å². The third kappa shape index (κ3) is 7.85. The van der Waals surface area contributed by atoms with Crippen LogP contribution in [0.5, 0.6) is 5.75 Å². The van der Waals surface area contributed by atoms with Crippen molar-refractivity contribution in [3.63, 3.8) is 0 Å². The Labute approximate surface area is 155 Å². The van der Waals surface area contributed by atoms with E-state index in [1.54, 1.807) is 6.92 Å². The summed E-state index contributed by atoms with van der Waals surface area (Å²) in [4.78, 5) is 24.2. The smallest absolute Gasteiger partial charge is 0.338 e. The molecule has 0 fully saturated rings. The molecule has 4 N–H and O–H groups in total. The van der Waals surface area contributed by atoms with Gasteiger partial charge in [-0.25, -0.2) is 4.79 Å². The zero-order valence-corrected chi connectivity index (χ0v) is 12.0. The molecule has 1 aromatic rings. The number of hydrogen-bond donors (Lipinski definition) is 3. The van der Waals surface area contributed by atoms with Gasteiger partial charge in [0.25, 0.3) is 0 Å². The van der Waals surface area contributed by atoms with Gasteiger partial charge in [-0.2, -0.15) is 0 Å². The highest BCUT2D eigenvalue weighted by Crippen LogP contribution is 2.14. The maximum atomic E-state index is 12.5. The monoisotopic (exact) mass is 335 g/mol. The van der Waals surface area contributed by atoms with Crippen LogP contribution in [0, 0.1) is 5.40 Å². The number of ether oxygens (including phenoxy) is 2. The van der Waals surface area contributed by atoms with Gasteiger partial charge < -0.3 is 20.5 Å². The van der Waals surface area contributed by atoms with Gasteiger partial charge in [-0.15, -0.1) is 0 Å². The molecule has 1 rings (SSSR count). The molecule has 0 aliphatic rings. The predicted molar refractivity (Wildman–Crippen MR) is 86.4 cm³/mol. The highest BCUT2D eigenvalue weighted by Gasteiger charge is 2.08. The van der Waals surface area contributed by atoms with Crippen molar-refractivity contribution < 1.29 is 38.4 Å². The molecule has 0 radical (unpaired) electrons. The van der Waals surface area contributed by atoms with Crippen LogP contribution in [0.1, 0.15) is 56.5 Å². The lowest BCUT2D eigenvalue weighted by atomic mass is 10.2. The quantitative estimate of drug-likeness (QED) is 0.274. The minimum absolute atomic E-state index is 0.0428. The number of nitrogens with one attached hydrogen (secondary N) is 2. The lowest BCUT2D eigenvalue weighted by Gasteiger charge is -2.06. The molecule has 1 aromatic carbocycles. The van der Waals surface area contributed by atoms with Crippen LogP contribution in [-0.2, 0) is 9.53 Å². The van der Waals surface area contributed by atoms with E-state index in [4.69, 9.17) is 28.8 Å². The average molecular weight is 335 g/mol. The number of rotatable bonds is 9. The van der Waals surface area contributed by atoms with Crippen LogP contribution in [0.3, 0.4) is 0 Å². The number of hydrogen-bond acceptors (Lipinski definition) is 5. The van der Waals surface area contributed by atoms with Crippen molar-refractivity contribution in [2.75, 3.05) is 13.1 Å². The van der Waals surface area contributed by atoms with Gasteiger partial charge in [-0.05, 0) is 43.9 Å². The molecule has 0 aliphatic carbocycles. The Morgan fingerprint density at radius 1 is 1.39 bits per heavy atom. The van der Waals surface area contributed by atoms with Crippen molar-refractivity contribution in [1.82, 2.24) is 5.31 Å². The molecule has 0 spiro atoms. The fourth-order valence-electron chi connectivity index (χ4n) is 1.23. The van der Waals surface area contributed by atoms with Gasteiger partial charge in [0.1, 0.15) is 5.75 Å². The molecule has 0 amide bonds. The number of carbonyl (C=O) groups excluding carboxylic acids is 2. The van der Waals surface area contributed by atoms with Crippen molar-refractivity contribution in [1.29, 1.82) is 5.40 Å². The summed E-state index contributed by atoms with van der Waals surface area (Å²) in [5.41, 5.74) is -0.511. The summed E-state index contributed by atoms with van der Waals surface area (Å²) >= 11 is 0. The first-order valence-corrected chi connectivity index (χ1v) is 6.23. The lowest BCUT2D eigenvalue weighted by Crippen LogP contribution is -2.30. The van der Waals surface area contributed by atoms with E-state index in [0.717, 1.165) is 24.3 Å². The SMILES string of the molecule is [2H]/N=C(\N([2H])[2H])N([2H])C([2H])([2H])C([2H])([2H])C([2H])([2H])C([2H])([2H])C([2H])([2H])C(=O)Oc1ccc(C(=O)OCC)cc1. The number of carbonyl (C=O) groups is 2. The molecule has 126 valence electrons. The normalized spacial score (nSPS) is 22.7. The van der Waals surface area contributed by atoms with Crippen LogP contribution < -0.4 is 15.8 Å². The van der Waals surface area contributed by atoms with Gasteiger partial charge in [-0.1, -0.05) is 6.37 Å². The number of esters is 2. The Morgan fingerprint density at radius 3 is 2.83 bits per heavy atom.